The van der Waals surface area contributed by atoms with Crippen LogP contribution in [0.2, 0.25) is 0 Å². The predicted octanol–water partition coefficient (Wildman–Crippen LogP) is 2.73. The lowest BCUT2D eigenvalue weighted by Gasteiger charge is -2.34. The molecule has 22 heavy (non-hydrogen) atoms. The first-order valence-electron chi connectivity index (χ1n) is 7.69. The van der Waals surface area contributed by atoms with E-state index < -0.39 is 12.6 Å². The van der Waals surface area contributed by atoms with Gasteiger partial charge in [0.1, 0.15) is 0 Å². The van der Waals surface area contributed by atoms with Crippen molar-refractivity contribution in [2.24, 2.45) is 0 Å². The molecule has 0 aromatic heterocycles. The lowest BCUT2D eigenvalue weighted by molar-refractivity contribution is -0.138. The summed E-state index contributed by atoms with van der Waals surface area (Å²) >= 11 is 0. The zero-order valence-corrected chi connectivity index (χ0v) is 12.5. The number of hydrogen-bond acceptors (Lipinski definition) is 3. The first-order valence-corrected chi connectivity index (χ1v) is 7.69. The van der Waals surface area contributed by atoms with Gasteiger partial charge in [-0.05, 0) is 31.5 Å². The van der Waals surface area contributed by atoms with Gasteiger partial charge in [0.2, 0.25) is 0 Å². The number of halogens is 3. The predicted molar refractivity (Wildman–Crippen MR) is 79.5 cm³/mol. The highest BCUT2D eigenvalue weighted by molar-refractivity contribution is 5.19. The standard InChI is InChI=1S/C16H23F3N2O/c17-16(18,19)8-11-21-9-6-14(7-10-21)20-15(12-22)13-4-2-1-3-5-13/h1-5,14-15,20,22H,6-12H2. The maximum Gasteiger partial charge on any atom is 0.390 e. The van der Waals surface area contributed by atoms with Gasteiger partial charge in [-0.3, -0.25) is 0 Å². The first kappa shape index (κ1) is 17.2. The van der Waals surface area contributed by atoms with E-state index in [4.69, 9.17) is 0 Å². The number of likely N-dealkylation sites (tertiary alicyclic amines) is 1. The summed E-state index contributed by atoms with van der Waals surface area (Å²) in [4.78, 5) is 1.86. The lowest BCUT2D eigenvalue weighted by Crippen LogP contribution is -2.45. The van der Waals surface area contributed by atoms with E-state index >= 15 is 0 Å². The van der Waals surface area contributed by atoms with Crippen LogP contribution in [0.25, 0.3) is 0 Å². The third-order valence-electron chi connectivity index (χ3n) is 4.12. The first-order chi connectivity index (χ1) is 10.5. The molecule has 3 nitrogen and oxygen atoms in total. The average Bonchev–Trinajstić information content (AvgIpc) is 2.52. The van der Waals surface area contributed by atoms with Crippen LogP contribution in [0.15, 0.2) is 30.3 Å². The lowest BCUT2D eigenvalue weighted by atomic mass is 10.0. The summed E-state index contributed by atoms with van der Waals surface area (Å²) in [6, 6.07) is 9.83. The van der Waals surface area contributed by atoms with Gasteiger partial charge in [0.15, 0.2) is 0 Å². The van der Waals surface area contributed by atoms with Gasteiger partial charge in [-0.1, -0.05) is 30.3 Å². The summed E-state index contributed by atoms with van der Waals surface area (Å²) in [7, 11) is 0. The van der Waals surface area contributed by atoms with Crippen molar-refractivity contribution in [3.63, 3.8) is 0 Å². The number of piperidine rings is 1. The van der Waals surface area contributed by atoms with Crippen LogP contribution >= 0.6 is 0 Å². The number of aliphatic hydroxyl groups excluding tert-OH is 1. The summed E-state index contributed by atoms with van der Waals surface area (Å²) in [5.41, 5.74) is 1.03. The van der Waals surface area contributed by atoms with Gasteiger partial charge in [-0.25, -0.2) is 0 Å². The van der Waals surface area contributed by atoms with Crippen LogP contribution in [-0.2, 0) is 0 Å². The number of rotatable bonds is 6. The number of nitrogens with one attached hydrogen (secondary N) is 1. The van der Waals surface area contributed by atoms with Gasteiger partial charge in [-0.2, -0.15) is 13.2 Å². The fraction of sp³-hybridized carbons (Fsp3) is 0.625. The molecule has 0 saturated carbocycles. The molecule has 1 saturated heterocycles. The van der Waals surface area contributed by atoms with Gasteiger partial charge in [0, 0.05) is 12.6 Å². The minimum absolute atomic E-state index is 0.0122. The molecule has 1 aliphatic heterocycles. The summed E-state index contributed by atoms with van der Waals surface area (Å²) in [6.45, 7) is 1.43. The van der Waals surface area contributed by atoms with E-state index in [-0.39, 0.29) is 25.2 Å². The molecular formula is C16H23F3N2O. The average molecular weight is 316 g/mol. The Morgan fingerprint density at radius 2 is 1.82 bits per heavy atom. The van der Waals surface area contributed by atoms with E-state index in [0.717, 1.165) is 18.4 Å². The normalized spacial score (nSPS) is 19.3. The highest BCUT2D eigenvalue weighted by Crippen LogP contribution is 2.22. The van der Waals surface area contributed by atoms with Crippen molar-refractivity contribution in [2.75, 3.05) is 26.2 Å². The van der Waals surface area contributed by atoms with Crippen LogP contribution in [0.3, 0.4) is 0 Å². The van der Waals surface area contributed by atoms with E-state index in [0.29, 0.717) is 13.1 Å². The van der Waals surface area contributed by atoms with Crippen molar-refractivity contribution in [1.82, 2.24) is 10.2 Å². The second-order valence-electron chi connectivity index (χ2n) is 5.79. The molecular weight excluding hydrogens is 293 g/mol. The Morgan fingerprint density at radius 1 is 1.18 bits per heavy atom. The zero-order chi connectivity index (χ0) is 16.0. The van der Waals surface area contributed by atoms with Crippen LogP contribution < -0.4 is 5.32 Å². The Kier molecular flexibility index (Phi) is 6.23. The van der Waals surface area contributed by atoms with Crippen LogP contribution in [-0.4, -0.2) is 48.5 Å². The molecule has 0 aliphatic carbocycles. The van der Waals surface area contributed by atoms with Gasteiger partial charge in [0.05, 0.1) is 19.1 Å². The Hall–Kier alpha value is -1.11. The monoisotopic (exact) mass is 316 g/mol. The fourth-order valence-electron chi connectivity index (χ4n) is 2.83. The Morgan fingerprint density at radius 3 is 2.36 bits per heavy atom. The van der Waals surface area contributed by atoms with Gasteiger partial charge in [0.25, 0.3) is 0 Å². The summed E-state index contributed by atoms with van der Waals surface area (Å²) in [5, 5.41) is 13.0. The number of benzene rings is 1. The maximum absolute atomic E-state index is 12.2. The number of hydrogen-bond donors (Lipinski definition) is 2. The van der Waals surface area contributed by atoms with E-state index in [1.807, 2.05) is 35.2 Å². The second-order valence-corrected chi connectivity index (χ2v) is 5.79. The van der Waals surface area contributed by atoms with Gasteiger partial charge >= 0.3 is 6.18 Å². The van der Waals surface area contributed by atoms with Crippen molar-refractivity contribution in [3.8, 4) is 0 Å². The molecule has 0 spiro atoms. The molecule has 2 rings (SSSR count). The molecule has 1 aliphatic rings. The number of alkyl halides is 3. The molecule has 124 valence electrons. The molecule has 1 heterocycles. The minimum atomic E-state index is -4.08. The highest BCUT2D eigenvalue weighted by Gasteiger charge is 2.29. The molecule has 0 amide bonds. The van der Waals surface area contributed by atoms with Crippen LogP contribution in [0.5, 0.6) is 0 Å². The van der Waals surface area contributed by atoms with E-state index in [1.165, 1.54) is 0 Å². The zero-order valence-electron chi connectivity index (χ0n) is 12.5. The fourth-order valence-corrected chi connectivity index (χ4v) is 2.83. The van der Waals surface area contributed by atoms with Crippen molar-refractivity contribution in [1.29, 1.82) is 0 Å². The van der Waals surface area contributed by atoms with Crippen molar-refractivity contribution >= 4 is 0 Å². The van der Waals surface area contributed by atoms with Crippen LogP contribution in [0.4, 0.5) is 13.2 Å². The molecule has 0 radical (unpaired) electrons. The third-order valence-corrected chi connectivity index (χ3v) is 4.12. The molecule has 1 unspecified atom stereocenters. The topological polar surface area (TPSA) is 35.5 Å². The molecule has 0 bridgehead atoms. The summed E-state index contributed by atoms with van der Waals surface area (Å²) in [6.07, 6.45) is -3.21. The van der Waals surface area contributed by atoms with E-state index in [2.05, 4.69) is 5.32 Å². The van der Waals surface area contributed by atoms with Crippen molar-refractivity contribution < 1.29 is 18.3 Å². The molecule has 2 N–H and O–H groups in total. The maximum atomic E-state index is 12.2. The van der Waals surface area contributed by atoms with E-state index in [9.17, 15) is 18.3 Å². The Bertz CT molecular complexity index is 431. The SMILES string of the molecule is OCC(NC1CCN(CCC(F)(F)F)CC1)c1ccccc1. The van der Waals surface area contributed by atoms with E-state index in [1.54, 1.807) is 0 Å². The molecule has 1 atom stereocenters. The highest BCUT2D eigenvalue weighted by atomic mass is 19.4. The third kappa shape index (κ3) is 5.59. The van der Waals surface area contributed by atoms with Crippen molar-refractivity contribution in [2.45, 2.75) is 37.5 Å². The van der Waals surface area contributed by atoms with Gasteiger partial charge < -0.3 is 15.3 Å². The smallest absolute Gasteiger partial charge is 0.390 e. The van der Waals surface area contributed by atoms with Crippen LogP contribution in [0.1, 0.15) is 30.9 Å². The van der Waals surface area contributed by atoms with Crippen molar-refractivity contribution in [3.05, 3.63) is 35.9 Å². The Labute approximate surface area is 129 Å². The molecule has 1 aromatic carbocycles. The minimum Gasteiger partial charge on any atom is -0.394 e. The second kappa shape index (κ2) is 7.94. The number of nitrogens with zero attached hydrogens (tertiary/aromatic N) is 1. The molecule has 1 fully saturated rings. The Balaban J connectivity index is 1.77. The summed E-state index contributed by atoms with van der Waals surface area (Å²) < 4.78 is 36.7. The summed E-state index contributed by atoms with van der Waals surface area (Å²) in [5.74, 6) is 0. The van der Waals surface area contributed by atoms with Gasteiger partial charge in [-0.15, -0.1) is 0 Å². The molecule has 1 aromatic rings. The molecule has 6 heteroatoms. The number of aliphatic hydroxyl groups is 1. The quantitative estimate of drug-likeness (QED) is 0.847. The van der Waals surface area contributed by atoms with Crippen LogP contribution in [0, 0.1) is 0 Å². The largest absolute Gasteiger partial charge is 0.394 e.